The van der Waals surface area contributed by atoms with Crippen LogP contribution in [-0.4, -0.2) is 19.6 Å². The van der Waals surface area contributed by atoms with E-state index in [0.717, 1.165) is 19.6 Å². The Hall–Kier alpha value is -1.62. The fourth-order valence-corrected chi connectivity index (χ4v) is 2.86. The maximum Gasteiger partial charge on any atom is 0.0534 e. The number of nitrogens with one attached hydrogen (secondary N) is 1. The molecule has 0 unspecified atom stereocenters. The van der Waals surface area contributed by atoms with Crippen LogP contribution in [0, 0.1) is 0 Å². The molecule has 2 heterocycles. The minimum Gasteiger partial charge on any atom is -0.308 e. The number of aryl methyl sites for hydroxylation is 1. The summed E-state index contributed by atoms with van der Waals surface area (Å²) < 4.78 is 4.11. The van der Waals surface area contributed by atoms with E-state index in [4.69, 9.17) is 0 Å². The lowest BCUT2D eigenvalue weighted by molar-refractivity contribution is 0.466. The number of nitrogens with zero attached hydrogens (tertiary/aromatic N) is 4. The van der Waals surface area contributed by atoms with Gasteiger partial charge in [0, 0.05) is 43.2 Å². The SMILES string of the molecule is CCn1cc(CNCc2cnn(C3CCCC3)c2)cn1. The van der Waals surface area contributed by atoms with Gasteiger partial charge in [-0.25, -0.2) is 0 Å². The first-order chi connectivity index (χ1) is 9.85. The van der Waals surface area contributed by atoms with Crippen LogP contribution in [0.4, 0.5) is 0 Å². The highest BCUT2D eigenvalue weighted by Gasteiger charge is 2.17. The molecule has 0 saturated heterocycles. The highest BCUT2D eigenvalue weighted by molar-refractivity contribution is 5.07. The second kappa shape index (κ2) is 6.22. The monoisotopic (exact) mass is 273 g/mol. The predicted octanol–water partition coefficient (Wildman–Crippen LogP) is 2.50. The number of aromatic nitrogens is 4. The zero-order valence-electron chi connectivity index (χ0n) is 12.1. The summed E-state index contributed by atoms with van der Waals surface area (Å²) in [6.45, 7) is 4.74. The van der Waals surface area contributed by atoms with Crippen LogP contribution in [0.1, 0.15) is 49.8 Å². The first-order valence-corrected chi connectivity index (χ1v) is 7.60. The van der Waals surface area contributed by atoms with Crippen molar-refractivity contribution in [2.24, 2.45) is 0 Å². The molecule has 1 N–H and O–H groups in total. The summed E-state index contributed by atoms with van der Waals surface area (Å²) in [7, 11) is 0. The second-order valence-electron chi connectivity index (χ2n) is 5.57. The molecule has 3 rings (SSSR count). The van der Waals surface area contributed by atoms with Crippen LogP contribution in [0.5, 0.6) is 0 Å². The van der Waals surface area contributed by atoms with Gasteiger partial charge in [0.2, 0.25) is 0 Å². The normalized spacial score (nSPS) is 16.1. The molecule has 0 aromatic carbocycles. The van der Waals surface area contributed by atoms with Crippen molar-refractivity contribution in [3.05, 3.63) is 35.9 Å². The van der Waals surface area contributed by atoms with Gasteiger partial charge in [-0.05, 0) is 19.8 Å². The molecule has 0 spiro atoms. The summed E-state index contributed by atoms with van der Waals surface area (Å²) in [6, 6.07) is 0.631. The summed E-state index contributed by atoms with van der Waals surface area (Å²) in [5.41, 5.74) is 2.50. The van der Waals surface area contributed by atoms with Crippen LogP contribution in [0.15, 0.2) is 24.8 Å². The van der Waals surface area contributed by atoms with Gasteiger partial charge in [0.15, 0.2) is 0 Å². The van der Waals surface area contributed by atoms with Gasteiger partial charge in [-0.3, -0.25) is 9.36 Å². The third-order valence-electron chi connectivity index (χ3n) is 4.02. The highest BCUT2D eigenvalue weighted by atomic mass is 15.3. The number of hydrogen-bond donors (Lipinski definition) is 1. The van der Waals surface area contributed by atoms with Crippen LogP contribution in [0.2, 0.25) is 0 Å². The smallest absolute Gasteiger partial charge is 0.0534 e. The minimum atomic E-state index is 0.631. The topological polar surface area (TPSA) is 47.7 Å². The summed E-state index contributed by atoms with van der Waals surface area (Å²) in [5, 5.41) is 12.2. The van der Waals surface area contributed by atoms with Gasteiger partial charge >= 0.3 is 0 Å². The standard InChI is InChI=1S/C15H23N5/c1-2-19-11-13(9-17-19)7-16-8-14-10-18-20(12-14)15-5-3-4-6-15/h9-12,15-16H,2-8H2,1H3. The van der Waals surface area contributed by atoms with Gasteiger partial charge in [-0.1, -0.05) is 12.8 Å². The molecule has 1 aliphatic rings. The molecule has 20 heavy (non-hydrogen) atoms. The van der Waals surface area contributed by atoms with E-state index < -0.39 is 0 Å². The molecule has 0 amide bonds. The molecule has 5 nitrogen and oxygen atoms in total. The Morgan fingerprint density at radius 2 is 1.80 bits per heavy atom. The van der Waals surface area contributed by atoms with Gasteiger partial charge in [0.05, 0.1) is 18.4 Å². The molecule has 0 atom stereocenters. The van der Waals surface area contributed by atoms with E-state index in [1.807, 2.05) is 17.1 Å². The molecule has 1 fully saturated rings. The van der Waals surface area contributed by atoms with Crippen LogP contribution >= 0.6 is 0 Å². The first-order valence-electron chi connectivity index (χ1n) is 7.60. The van der Waals surface area contributed by atoms with Crippen molar-refractivity contribution in [3.63, 3.8) is 0 Å². The van der Waals surface area contributed by atoms with Gasteiger partial charge < -0.3 is 5.32 Å². The average molecular weight is 273 g/mol. The van der Waals surface area contributed by atoms with Crippen molar-refractivity contribution in [3.8, 4) is 0 Å². The van der Waals surface area contributed by atoms with Crippen LogP contribution in [0.3, 0.4) is 0 Å². The second-order valence-corrected chi connectivity index (χ2v) is 5.57. The quantitative estimate of drug-likeness (QED) is 0.879. The van der Waals surface area contributed by atoms with E-state index in [0.29, 0.717) is 6.04 Å². The van der Waals surface area contributed by atoms with Crippen molar-refractivity contribution in [2.75, 3.05) is 0 Å². The molecule has 0 aliphatic heterocycles. The lowest BCUT2D eigenvalue weighted by Gasteiger charge is -2.08. The van der Waals surface area contributed by atoms with E-state index in [-0.39, 0.29) is 0 Å². The average Bonchev–Trinajstić information content (AvgIpc) is 3.20. The predicted molar refractivity (Wildman–Crippen MR) is 78.2 cm³/mol. The maximum atomic E-state index is 4.50. The summed E-state index contributed by atoms with van der Waals surface area (Å²) >= 11 is 0. The van der Waals surface area contributed by atoms with E-state index in [1.165, 1.54) is 36.8 Å². The highest BCUT2D eigenvalue weighted by Crippen LogP contribution is 2.28. The van der Waals surface area contributed by atoms with E-state index in [9.17, 15) is 0 Å². The molecular formula is C15H23N5. The van der Waals surface area contributed by atoms with Crippen LogP contribution in [0.25, 0.3) is 0 Å². The zero-order valence-corrected chi connectivity index (χ0v) is 12.1. The molecule has 2 aromatic heterocycles. The maximum absolute atomic E-state index is 4.50. The fourth-order valence-electron chi connectivity index (χ4n) is 2.86. The molecule has 1 saturated carbocycles. The Morgan fingerprint density at radius 1 is 1.10 bits per heavy atom. The Morgan fingerprint density at radius 3 is 2.50 bits per heavy atom. The molecule has 5 heteroatoms. The molecule has 0 radical (unpaired) electrons. The van der Waals surface area contributed by atoms with E-state index in [2.05, 4.69) is 39.5 Å². The van der Waals surface area contributed by atoms with Crippen molar-refractivity contribution >= 4 is 0 Å². The van der Waals surface area contributed by atoms with Crippen molar-refractivity contribution in [1.29, 1.82) is 0 Å². The molecular weight excluding hydrogens is 250 g/mol. The largest absolute Gasteiger partial charge is 0.308 e. The van der Waals surface area contributed by atoms with E-state index in [1.54, 1.807) is 0 Å². The number of rotatable bonds is 6. The number of hydrogen-bond acceptors (Lipinski definition) is 3. The summed E-state index contributed by atoms with van der Waals surface area (Å²) in [4.78, 5) is 0. The van der Waals surface area contributed by atoms with Crippen molar-refractivity contribution < 1.29 is 0 Å². The Balaban J connectivity index is 1.48. The van der Waals surface area contributed by atoms with Gasteiger partial charge in [0.1, 0.15) is 0 Å². The molecule has 1 aliphatic carbocycles. The lowest BCUT2D eigenvalue weighted by atomic mass is 10.2. The summed E-state index contributed by atoms with van der Waals surface area (Å²) in [6.07, 6.45) is 13.5. The fraction of sp³-hybridized carbons (Fsp3) is 0.600. The van der Waals surface area contributed by atoms with Gasteiger partial charge in [-0.15, -0.1) is 0 Å². The molecule has 0 bridgehead atoms. The lowest BCUT2D eigenvalue weighted by Crippen LogP contribution is -2.12. The Kier molecular flexibility index (Phi) is 4.16. The Labute approximate surface area is 120 Å². The van der Waals surface area contributed by atoms with Gasteiger partial charge in [0.25, 0.3) is 0 Å². The van der Waals surface area contributed by atoms with Crippen molar-refractivity contribution in [2.45, 2.75) is 58.3 Å². The zero-order chi connectivity index (χ0) is 13.8. The first kappa shape index (κ1) is 13.4. The third-order valence-corrected chi connectivity index (χ3v) is 4.02. The Bertz CT molecular complexity index is 536. The minimum absolute atomic E-state index is 0.631. The van der Waals surface area contributed by atoms with Crippen molar-refractivity contribution in [1.82, 2.24) is 24.9 Å². The third kappa shape index (κ3) is 3.10. The van der Waals surface area contributed by atoms with Crippen LogP contribution in [-0.2, 0) is 19.6 Å². The molecule has 108 valence electrons. The summed E-state index contributed by atoms with van der Waals surface area (Å²) in [5.74, 6) is 0. The van der Waals surface area contributed by atoms with E-state index >= 15 is 0 Å². The van der Waals surface area contributed by atoms with Crippen LogP contribution < -0.4 is 5.32 Å². The molecule has 2 aromatic rings. The van der Waals surface area contributed by atoms with Gasteiger partial charge in [-0.2, -0.15) is 10.2 Å².